The van der Waals surface area contributed by atoms with Crippen LogP contribution in [-0.2, 0) is 6.54 Å². The van der Waals surface area contributed by atoms with Gasteiger partial charge >= 0.3 is 0 Å². The Morgan fingerprint density at radius 1 is 1.23 bits per heavy atom. The third kappa shape index (κ3) is 6.04. The van der Waals surface area contributed by atoms with E-state index in [0.29, 0.717) is 33.1 Å². The minimum Gasteiger partial charge on any atom is -0.491 e. The summed E-state index contributed by atoms with van der Waals surface area (Å²) in [5.41, 5.74) is 0.840. The van der Waals surface area contributed by atoms with Gasteiger partial charge in [0.2, 0.25) is 5.88 Å². The predicted molar refractivity (Wildman–Crippen MR) is 142 cm³/mol. The number of alkyl halides is 3. The summed E-state index contributed by atoms with van der Waals surface area (Å²) in [6.45, 7) is 2.30. The molecule has 0 fully saturated rings. The van der Waals surface area contributed by atoms with Gasteiger partial charge in [-0.25, -0.2) is 23.1 Å². The van der Waals surface area contributed by atoms with Crippen LogP contribution in [0.15, 0.2) is 53.6 Å². The van der Waals surface area contributed by atoms with E-state index in [-0.39, 0.29) is 48.3 Å². The molecule has 1 atom stereocenters. The van der Waals surface area contributed by atoms with Gasteiger partial charge in [0.1, 0.15) is 5.69 Å². The molecule has 0 radical (unpaired) electrons. The molecule has 4 heterocycles. The van der Waals surface area contributed by atoms with Crippen molar-refractivity contribution in [3.05, 3.63) is 70.6 Å². The fourth-order valence-electron chi connectivity index (χ4n) is 3.97. The zero-order valence-corrected chi connectivity index (χ0v) is 22.2. The van der Waals surface area contributed by atoms with E-state index in [1.807, 2.05) is 0 Å². The lowest BCUT2D eigenvalue weighted by Crippen LogP contribution is -2.23. The van der Waals surface area contributed by atoms with E-state index in [4.69, 9.17) is 21.1 Å². The largest absolute Gasteiger partial charge is 0.491 e. The van der Waals surface area contributed by atoms with E-state index >= 15 is 0 Å². The van der Waals surface area contributed by atoms with Crippen molar-refractivity contribution in [2.24, 2.45) is 0 Å². The molecule has 39 heavy (non-hydrogen) atoms. The standard InChI is InChI=1S/C27H22ClF3N4O3S/c1-2-37-27-17(4-6-20(35-27)25(30)31)19-5-3-14-12-32-16(11-21(14)34-19)13-33-26(36)15-9-18(28)24-22(10-15)39-23(29)7-8-38-24/h3-6,9-12,23,25H,2,7-8,13H2,1H3,(H,33,36)/t23-/m1/s1. The Bertz CT molecular complexity index is 1540. The van der Waals surface area contributed by atoms with Gasteiger partial charge < -0.3 is 14.8 Å². The van der Waals surface area contributed by atoms with Crippen LogP contribution < -0.4 is 14.8 Å². The maximum absolute atomic E-state index is 14.0. The summed E-state index contributed by atoms with van der Waals surface area (Å²) >= 11 is 7.28. The quantitative estimate of drug-likeness (QED) is 0.260. The molecule has 202 valence electrons. The number of aromatic nitrogens is 3. The number of hydrogen-bond donors (Lipinski definition) is 1. The molecule has 0 aliphatic carbocycles. The zero-order chi connectivity index (χ0) is 27.5. The Morgan fingerprint density at radius 3 is 2.87 bits per heavy atom. The summed E-state index contributed by atoms with van der Waals surface area (Å²) < 4.78 is 51.3. The monoisotopic (exact) mass is 574 g/mol. The van der Waals surface area contributed by atoms with Gasteiger partial charge in [-0.3, -0.25) is 9.78 Å². The molecule has 1 amide bonds. The molecule has 12 heteroatoms. The molecule has 0 spiro atoms. The smallest absolute Gasteiger partial charge is 0.280 e. The molecule has 1 aromatic carbocycles. The number of carbonyl (C=O) groups is 1. The van der Waals surface area contributed by atoms with Crippen molar-refractivity contribution in [1.82, 2.24) is 20.3 Å². The Morgan fingerprint density at radius 2 is 2.08 bits per heavy atom. The number of thioether (sulfide) groups is 1. The van der Waals surface area contributed by atoms with Crippen LogP contribution in [-0.4, -0.2) is 39.6 Å². The van der Waals surface area contributed by atoms with Crippen molar-refractivity contribution in [2.45, 2.75) is 36.7 Å². The maximum atomic E-state index is 14.0. The van der Waals surface area contributed by atoms with Gasteiger partial charge in [0.25, 0.3) is 12.3 Å². The van der Waals surface area contributed by atoms with Gasteiger partial charge in [0.15, 0.2) is 11.3 Å². The van der Waals surface area contributed by atoms with Crippen molar-refractivity contribution in [1.29, 1.82) is 0 Å². The highest BCUT2D eigenvalue weighted by Gasteiger charge is 2.22. The molecule has 7 nitrogen and oxygen atoms in total. The van der Waals surface area contributed by atoms with Gasteiger partial charge in [0.05, 0.1) is 52.1 Å². The average molecular weight is 575 g/mol. The third-order valence-electron chi connectivity index (χ3n) is 5.84. The second kappa shape index (κ2) is 11.7. The van der Waals surface area contributed by atoms with E-state index in [2.05, 4.69) is 20.3 Å². The van der Waals surface area contributed by atoms with Gasteiger partial charge in [-0.2, -0.15) is 0 Å². The lowest BCUT2D eigenvalue weighted by molar-refractivity contribution is 0.0950. The Labute approximate surface area is 231 Å². The Kier molecular flexibility index (Phi) is 8.08. The van der Waals surface area contributed by atoms with Gasteiger partial charge in [-0.15, -0.1) is 0 Å². The Balaban J connectivity index is 1.36. The fourth-order valence-corrected chi connectivity index (χ4v) is 5.26. The minimum absolute atomic E-state index is 0.0748. The zero-order valence-electron chi connectivity index (χ0n) is 20.6. The van der Waals surface area contributed by atoms with Crippen LogP contribution in [0.25, 0.3) is 22.2 Å². The minimum atomic E-state index is -2.72. The first-order chi connectivity index (χ1) is 18.8. The van der Waals surface area contributed by atoms with Crippen LogP contribution >= 0.6 is 23.4 Å². The third-order valence-corrected chi connectivity index (χ3v) is 7.17. The fraction of sp³-hybridized carbons (Fsp3) is 0.259. The number of hydrogen-bond acceptors (Lipinski definition) is 7. The van der Waals surface area contributed by atoms with Gasteiger partial charge in [0, 0.05) is 23.6 Å². The molecule has 0 saturated carbocycles. The van der Waals surface area contributed by atoms with Crippen LogP contribution in [0, 0.1) is 0 Å². The van der Waals surface area contributed by atoms with E-state index in [0.717, 1.165) is 17.1 Å². The van der Waals surface area contributed by atoms with E-state index in [1.165, 1.54) is 18.2 Å². The summed E-state index contributed by atoms with van der Waals surface area (Å²) in [4.78, 5) is 26.3. The highest BCUT2D eigenvalue weighted by Crippen LogP contribution is 2.42. The molecule has 0 unspecified atom stereocenters. The van der Waals surface area contributed by atoms with Crippen molar-refractivity contribution in [3.63, 3.8) is 0 Å². The summed E-state index contributed by atoms with van der Waals surface area (Å²) in [6.07, 6.45) is -0.865. The van der Waals surface area contributed by atoms with E-state index < -0.39 is 17.8 Å². The van der Waals surface area contributed by atoms with Crippen molar-refractivity contribution < 1.29 is 27.4 Å². The molecule has 0 saturated heterocycles. The highest BCUT2D eigenvalue weighted by atomic mass is 35.5. The summed E-state index contributed by atoms with van der Waals surface area (Å²) in [7, 11) is 0. The second-order valence-electron chi connectivity index (χ2n) is 8.52. The second-order valence-corrected chi connectivity index (χ2v) is 10.1. The maximum Gasteiger partial charge on any atom is 0.280 e. The first-order valence-corrected chi connectivity index (χ1v) is 13.3. The number of halogens is 4. The number of pyridine rings is 3. The summed E-state index contributed by atoms with van der Waals surface area (Å²) in [6, 6.07) is 11.1. The predicted octanol–water partition coefficient (Wildman–Crippen LogP) is 6.78. The topological polar surface area (TPSA) is 86.2 Å². The Hall–Kier alpha value is -3.57. The number of nitrogens with zero attached hydrogens (tertiary/aromatic N) is 3. The molecule has 1 aliphatic rings. The molecule has 3 aromatic heterocycles. The van der Waals surface area contributed by atoms with Gasteiger partial charge in [-0.1, -0.05) is 23.4 Å². The number of rotatable bonds is 7. The normalized spacial score (nSPS) is 15.0. The van der Waals surface area contributed by atoms with Gasteiger partial charge in [-0.05, 0) is 49.4 Å². The average Bonchev–Trinajstić information content (AvgIpc) is 3.12. The van der Waals surface area contributed by atoms with Crippen LogP contribution in [0.4, 0.5) is 13.2 Å². The number of amides is 1. The highest BCUT2D eigenvalue weighted by molar-refractivity contribution is 7.99. The van der Waals surface area contributed by atoms with Crippen molar-refractivity contribution in [2.75, 3.05) is 13.2 Å². The van der Waals surface area contributed by atoms with Crippen molar-refractivity contribution >= 4 is 40.2 Å². The molecule has 1 aliphatic heterocycles. The molecular formula is C27H22ClF3N4O3S. The number of fused-ring (bicyclic) bond motifs is 2. The first-order valence-electron chi connectivity index (χ1n) is 12.1. The molecule has 1 N–H and O–H groups in total. The van der Waals surface area contributed by atoms with Crippen LogP contribution in [0.1, 0.15) is 41.5 Å². The molecular weight excluding hydrogens is 553 g/mol. The van der Waals surface area contributed by atoms with E-state index in [9.17, 15) is 18.0 Å². The SMILES string of the molecule is CCOc1nc(C(F)F)ccc1-c1ccc2cnc(CNC(=O)c3cc(Cl)c4c(c3)S[C@@H](F)CCO4)cc2n1. The van der Waals surface area contributed by atoms with Crippen molar-refractivity contribution in [3.8, 4) is 22.9 Å². The molecule has 5 rings (SSSR count). The molecule has 0 bridgehead atoms. The lowest BCUT2D eigenvalue weighted by atomic mass is 10.1. The number of carbonyl (C=O) groups excluding carboxylic acids is 1. The van der Waals surface area contributed by atoms with Crippen LogP contribution in [0.2, 0.25) is 5.02 Å². The molecule has 4 aromatic rings. The van der Waals surface area contributed by atoms with Crippen LogP contribution in [0.3, 0.4) is 0 Å². The van der Waals surface area contributed by atoms with E-state index in [1.54, 1.807) is 37.4 Å². The number of ether oxygens (including phenoxy) is 2. The first kappa shape index (κ1) is 27.0. The summed E-state index contributed by atoms with van der Waals surface area (Å²) in [5, 5.41) is 3.78. The lowest BCUT2D eigenvalue weighted by Gasteiger charge is -2.12. The number of nitrogens with one attached hydrogen (secondary N) is 1. The number of benzene rings is 1. The van der Waals surface area contributed by atoms with Crippen LogP contribution in [0.5, 0.6) is 11.6 Å². The summed E-state index contributed by atoms with van der Waals surface area (Å²) in [5.74, 6) is 0.0452.